The second-order valence-corrected chi connectivity index (χ2v) is 7.78. The highest BCUT2D eigenvalue weighted by Gasteiger charge is 2.47. The number of amides is 1. The number of aromatic hydroxyl groups is 1. The van der Waals surface area contributed by atoms with E-state index in [0.29, 0.717) is 23.7 Å². The highest BCUT2D eigenvalue weighted by molar-refractivity contribution is 6.42. The number of carbonyl (C=O) groups is 1. The van der Waals surface area contributed by atoms with E-state index in [1.165, 1.54) is 6.07 Å². The molecule has 3 rings (SSSR count). The number of aliphatic hydroxyl groups excluding tert-OH is 2. The number of fused-ring (bicyclic) bond motifs is 2. The molecule has 5 N–H and O–H groups in total. The van der Waals surface area contributed by atoms with E-state index >= 15 is 0 Å². The zero-order valence-corrected chi connectivity index (χ0v) is 15.1. The zero-order chi connectivity index (χ0) is 18.3. The van der Waals surface area contributed by atoms with Crippen LogP contribution >= 0.6 is 23.2 Å². The Morgan fingerprint density at radius 1 is 1.24 bits per heavy atom. The Morgan fingerprint density at radius 2 is 1.80 bits per heavy atom. The minimum absolute atomic E-state index is 0.0236. The van der Waals surface area contributed by atoms with Crippen LogP contribution in [0.2, 0.25) is 10.0 Å². The maximum absolute atomic E-state index is 12.1. The topological polar surface area (TPSA) is 107 Å². The number of phenols is 1. The molecule has 25 heavy (non-hydrogen) atoms. The molecular formula is C17H22Cl2N2O4. The van der Waals surface area contributed by atoms with Gasteiger partial charge in [0.25, 0.3) is 5.91 Å². The molecule has 1 amide bonds. The van der Waals surface area contributed by atoms with Crippen LogP contribution in [0, 0.1) is 17.8 Å². The maximum atomic E-state index is 12.1. The molecule has 1 aromatic carbocycles. The Balaban J connectivity index is 1.79. The van der Waals surface area contributed by atoms with Gasteiger partial charge in [0.1, 0.15) is 5.75 Å². The molecular weight excluding hydrogens is 367 g/mol. The maximum Gasteiger partial charge on any atom is 0.253 e. The summed E-state index contributed by atoms with van der Waals surface area (Å²) < 4.78 is 0. The Labute approximate surface area is 156 Å². The Morgan fingerprint density at radius 3 is 2.36 bits per heavy atom. The van der Waals surface area contributed by atoms with Crippen molar-refractivity contribution in [3.8, 4) is 5.75 Å². The summed E-state index contributed by atoms with van der Waals surface area (Å²) in [6.07, 6.45) is 0.498. The molecule has 4 atom stereocenters. The molecule has 1 aliphatic carbocycles. The molecule has 2 unspecified atom stereocenters. The van der Waals surface area contributed by atoms with Crippen LogP contribution in [-0.2, 0) is 4.79 Å². The number of benzene rings is 1. The lowest BCUT2D eigenvalue weighted by molar-refractivity contribution is -0.145. The monoisotopic (exact) mass is 388 g/mol. The quantitative estimate of drug-likeness (QED) is 0.625. The SMILES string of the molecule is N[C@H](c1cc(Cl)c(Cl)cc1O)C1C2CCC1CN(C(=O)[C@H](O)CO)C2. The lowest BCUT2D eigenvalue weighted by atomic mass is 9.77. The first-order valence-corrected chi connectivity index (χ1v) is 9.10. The number of hydrogen-bond acceptors (Lipinski definition) is 5. The van der Waals surface area contributed by atoms with Crippen LogP contribution in [0.4, 0.5) is 0 Å². The second-order valence-electron chi connectivity index (χ2n) is 6.97. The summed E-state index contributed by atoms with van der Waals surface area (Å²) in [5.41, 5.74) is 7.02. The van der Waals surface area contributed by atoms with Gasteiger partial charge < -0.3 is 26.0 Å². The fourth-order valence-electron chi connectivity index (χ4n) is 4.35. The van der Waals surface area contributed by atoms with Gasteiger partial charge in [-0.2, -0.15) is 0 Å². The largest absolute Gasteiger partial charge is 0.508 e. The first-order chi connectivity index (χ1) is 11.8. The molecule has 1 saturated heterocycles. The molecule has 2 aliphatic rings. The van der Waals surface area contributed by atoms with Gasteiger partial charge in [-0.3, -0.25) is 4.79 Å². The summed E-state index contributed by atoms with van der Waals surface area (Å²) in [6, 6.07) is 2.60. The molecule has 2 fully saturated rings. The Kier molecular flexibility index (Phi) is 5.46. The molecule has 1 aromatic rings. The van der Waals surface area contributed by atoms with Crippen molar-refractivity contribution >= 4 is 29.1 Å². The molecule has 8 heteroatoms. The Hall–Kier alpha value is -1.05. The van der Waals surface area contributed by atoms with E-state index < -0.39 is 24.7 Å². The number of phenolic OH excluding ortho intramolecular Hbond substituents is 1. The van der Waals surface area contributed by atoms with E-state index in [4.69, 9.17) is 34.0 Å². The average Bonchev–Trinajstić information content (AvgIpc) is 2.85. The third kappa shape index (κ3) is 3.46. The smallest absolute Gasteiger partial charge is 0.253 e. The fraction of sp³-hybridized carbons (Fsp3) is 0.588. The van der Waals surface area contributed by atoms with Gasteiger partial charge in [0.15, 0.2) is 6.10 Å². The number of likely N-dealkylation sites (tertiary alicyclic amines) is 1. The van der Waals surface area contributed by atoms with Gasteiger partial charge in [0.2, 0.25) is 0 Å². The van der Waals surface area contributed by atoms with Crippen LogP contribution in [0.5, 0.6) is 5.75 Å². The number of carbonyl (C=O) groups excluding carboxylic acids is 1. The molecule has 0 spiro atoms. The van der Waals surface area contributed by atoms with Crippen molar-refractivity contribution in [2.24, 2.45) is 23.5 Å². The molecule has 6 nitrogen and oxygen atoms in total. The van der Waals surface area contributed by atoms with Gasteiger partial charge in [0.05, 0.1) is 16.7 Å². The van der Waals surface area contributed by atoms with Gasteiger partial charge >= 0.3 is 0 Å². The predicted octanol–water partition coefficient (Wildman–Crippen LogP) is 1.54. The van der Waals surface area contributed by atoms with E-state index in [1.54, 1.807) is 11.0 Å². The minimum atomic E-state index is -1.37. The summed E-state index contributed by atoms with van der Waals surface area (Å²) in [7, 11) is 0. The highest BCUT2D eigenvalue weighted by atomic mass is 35.5. The third-order valence-electron chi connectivity index (χ3n) is 5.52. The van der Waals surface area contributed by atoms with Crippen molar-refractivity contribution in [2.45, 2.75) is 25.0 Å². The highest BCUT2D eigenvalue weighted by Crippen LogP contribution is 2.49. The van der Waals surface area contributed by atoms with Gasteiger partial charge in [-0.15, -0.1) is 0 Å². The molecule has 1 saturated carbocycles. The standard InChI is InChI=1S/C17H22Cl2N2O4/c18-11-3-10(13(23)4-12(11)19)16(20)15-8-1-2-9(15)6-21(5-8)17(25)14(24)7-22/h3-4,8-9,14-16,22-24H,1-2,5-7,20H2/t8?,9?,14-,15?,16-/m1/s1. The van der Waals surface area contributed by atoms with Gasteiger partial charge in [0, 0.05) is 30.8 Å². The number of piperidine rings is 1. The summed E-state index contributed by atoms with van der Waals surface area (Å²) in [5, 5.41) is 29.4. The molecule has 0 radical (unpaired) electrons. The van der Waals surface area contributed by atoms with Crippen LogP contribution in [0.15, 0.2) is 12.1 Å². The Bertz CT molecular complexity index is 658. The van der Waals surface area contributed by atoms with Crippen LogP contribution in [0.3, 0.4) is 0 Å². The van der Waals surface area contributed by atoms with Crippen molar-refractivity contribution < 1.29 is 20.1 Å². The number of nitrogens with zero attached hydrogens (tertiary/aromatic N) is 1. The summed E-state index contributed by atoms with van der Waals surface area (Å²) in [5.74, 6) is 0.0488. The van der Waals surface area contributed by atoms with E-state index in [9.17, 15) is 15.0 Å². The lowest BCUT2D eigenvalue weighted by Gasteiger charge is -2.41. The summed E-state index contributed by atoms with van der Waals surface area (Å²) >= 11 is 12.0. The molecule has 0 aromatic heterocycles. The number of halogens is 2. The van der Waals surface area contributed by atoms with Gasteiger partial charge in [-0.1, -0.05) is 23.2 Å². The van der Waals surface area contributed by atoms with E-state index in [2.05, 4.69) is 0 Å². The number of rotatable bonds is 4. The molecule has 1 heterocycles. The fourth-order valence-corrected chi connectivity index (χ4v) is 4.68. The van der Waals surface area contributed by atoms with Crippen molar-refractivity contribution in [3.63, 3.8) is 0 Å². The number of nitrogens with two attached hydrogens (primary N) is 1. The van der Waals surface area contributed by atoms with Crippen molar-refractivity contribution in [1.82, 2.24) is 4.90 Å². The average molecular weight is 389 g/mol. The summed E-state index contributed by atoms with van der Waals surface area (Å²) in [6.45, 7) is 0.407. The van der Waals surface area contributed by atoms with E-state index in [0.717, 1.165) is 12.8 Å². The zero-order valence-electron chi connectivity index (χ0n) is 13.6. The van der Waals surface area contributed by atoms with Crippen LogP contribution in [0.25, 0.3) is 0 Å². The van der Waals surface area contributed by atoms with Crippen LogP contribution in [0.1, 0.15) is 24.4 Å². The van der Waals surface area contributed by atoms with Gasteiger partial charge in [-0.25, -0.2) is 0 Å². The number of aliphatic hydroxyl groups is 2. The molecule has 1 aliphatic heterocycles. The second kappa shape index (κ2) is 7.29. The van der Waals surface area contributed by atoms with Crippen molar-refractivity contribution in [2.75, 3.05) is 19.7 Å². The first kappa shape index (κ1) is 18.7. The van der Waals surface area contributed by atoms with Crippen molar-refractivity contribution in [3.05, 3.63) is 27.7 Å². The first-order valence-electron chi connectivity index (χ1n) is 8.34. The molecule has 138 valence electrons. The molecule has 2 bridgehead atoms. The van der Waals surface area contributed by atoms with Gasteiger partial charge in [-0.05, 0) is 36.7 Å². The predicted molar refractivity (Wildman–Crippen MR) is 94.4 cm³/mol. The van der Waals surface area contributed by atoms with E-state index in [-0.39, 0.29) is 28.5 Å². The number of hydrogen-bond donors (Lipinski definition) is 4. The minimum Gasteiger partial charge on any atom is -0.508 e. The summed E-state index contributed by atoms with van der Waals surface area (Å²) in [4.78, 5) is 13.8. The third-order valence-corrected chi connectivity index (χ3v) is 6.24. The van der Waals surface area contributed by atoms with E-state index in [1.807, 2.05) is 0 Å². The van der Waals surface area contributed by atoms with Crippen LogP contribution in [-0.4, -0.2) is 51.9 Å². The normalized spacial score (nSPS) is 28.0. The van der Waals surface area contributed by atoms with Crippen molar-refractivity contribution in [1.29, 1.82) is 0 Å². The lowest BCUT2D eigenvalue weighted by Crippen LogP contribution is -2.51. The van der Waals surface area contributed by atoms with Crippen LogP contribution < -0.4 is 5.73 Å².